The summed E-state index contributed by atoms with van der Waals surface area (Å²) >= 11 is 0. The Balaban J connectivity index is 1.44. The van der Waals surface area contributed by atoms with Gasteiger partial charge in [0.1, 0.15) is 22.9 Å². The van der Waals surface area contributed by atoms with Crippen LogP contribution in [0.2, 0.25) is 0 Å². The average molecular weight is 532 g/mol. The number of aromatic amines is 2. The van der Waals surface area contributed by atoms with E-state index >= 15 is 0 Å². The summed E-state index contributed by atoms with van der Waals surface area (Å²) in [6, 6.07) is 8.03. The molecule has 192 valence electrons. The number of benzene rings is 1. The molecule has 0 spiro atoms. The summed E-state index contributed by atoms with van der Waals surface area (Å²) in [5.41, 5.74) is 5.58. The molecular formula is C25H22FN9O2S. The van der Waals surface area contributed by atoms with E-state index in [2.05, 4.69) is 34.9 Å². The summed E-state index contributed by atoms with van der Waals surface area (Å²) in [6.45, 7) is 1.88. The van der Waals surface area contributed by atoms with E-state index in [1.807, 2.05) is 24.6 Å². The number of H-pyrrole nitrogens is 2. The summed E-state index contributed by atoms with van der Waals surface area (Å²) in [6.07, 6.45) is 6.16. The summed E-state index contributed by atoms with van der Waals surface area (Å²) in [7, 11) is -1.50. The average Bonchev–Trinajstić information content (AvgIpc) is 3.58. The van der Waals surface area contributed by atoms with Gasteiger partial charge in [0.15, 0.2) is 5.82 Å². The number of hydrogen-bond donors (Lipinski definition) is 3. The van der Waals surface area contributed by atoms with Crippen molar-refractivity contribution in [2.24, 2.45) is 7.05 Å². The topological polar surface area (TPSA) is 147 Å². The molecule has 5 heterocycles. The predicted octanol–water partition coefficient (Wildman–Crippen LogP) is 3.46. The molecule has 0 aliphatic heterocycles. The van der Waals surface area contributed by atoms with Gasteiger partial charge in [-0.2, -0.15) is 5.10 Å². The van der Waals surface area contributed by atoms with Gasteiger partial charge in [-0.25, -0.2) is 27.5 Å². The van der Waals surface area contributed by atoms with Gasteiger partial charge in [-0.1, -0.05) is 0 Å². The minimum atomic E-state index is -3.43. The Hall–Kier alpha value is -4.49. The summed E-state index contributed by atoms with van der Waals surface area (Å²) < 4.78 is 41.8. The number of rotatable bonds is 6. The van der Waals surface area contributed by atoms with Gasteiger partial charge in [0.05, 0.1) is 46.8 Å². The second-order valence-corrected chi connectivity index (χ2v) is 10.9. The molecule has 0 saturated heterocycles. The van der Waals surface area contributed by atoms with Crippen molar-refractivity contribution < 1.29 is 12.8 Å². The monoisotopic (exact) mass is 531 g/mol. The van der Waals surface area contributed by atoms with Crippen LogP contribution in [0.1, 0.15) is 11.4 Å². The van der Waals surface area contributed by atoms with Crippen LogP contribution in [0, 0.1) is 12.7 Å². The first kappa shape index (κ1) is 23.9. The molecule has 0 amide bonds. The highest BCUT2D eigenvalue weighted by Crippen LogP contribution is 2.32. The van der Waals surface area contributed by atoms with Crippen molar-refractivity contribution >= 4 is 32.0 Å². The van der Waals surface area contributed by atoms with Crippen LogP contribution in [0.5, 0.6) is 0 Å². The van der Waals surface area contributed by atoms with E-state index in [-0.39, 0.29) is 6.54 Å². The standard InChI is InChI=1S/C25H22FN9O2S/c1-13-28-12-21(35(13)2)19-9-17-20(11-29-19)33-34-23(17)25-31-18-4-5-27-22(24(18)32-25)15-6-14(7-16(26)8-15)10-30-38(3,36)37/h4-9,11-12,30H,10H2,1-3H3,(H,31,32)(H,33,34). The van der Waals surface area contributed by atoms with E-state index < -0.39 is 15.8 Å². The zero-order valence-electron chi connectivity index (χ0n) is 20.6. The molecule has 11 nitrogen and oxygen atoms in total. The number of pyridine rings is 2. The van der Waals surface area contributed by atoms with Gasteiger partial charge >= 0.3 is 0 Å². The van der Waals surface area contributed by atoms with Crippen molar-refractivity contribution in [3.8, 4) is 34.2 Å². The number of aryl methyl sites for hydroxylation is 1. The molecule has 3 N–H and O–H groups in total. The van der Waals surface area contributed by atoms with Crippen molar-refractivity contribution in [1.82, 2.24) is 44.4 Å². The van der Waals surface area contributed by atoms with Gasteiger partial charge in [0.2, 0.25) is 10.0 Å². The second kappa shape index (κ2) is 8.82. The Morgan fingerprint density at radius 2 is 1.89 bits per heavy atom. The molecule has 6 aromatic rings. The molecule has 1 aromatic carbocycles. The highest BCUT2D eigenvalue weighted by molar-refractivity contribution is 7.88. The first-order valence-electron chi connectivity index (χ1n) is 11.6. The third-order valence-electron chi connectivity index (χ3n) is 6.32. The molecule has 0 fully saturated rings. The Labute approximate surface area is 216 Å². The molecule has 38 heavy (non-hydrogen) atoms. The van der Waals surface area contributed by atoms with E-state index in [9.17, 15) is 12.8 Å². The van der Waals surface area contributed by atoms with E-state index in [1.165, 1.54) is 12.1 Å². The molecule has 0 radical (unpaired) electrons. The van der Waals surface area contributed by atoms with Gasteiger partial charge in [0.25, 0.3) is 0 Å². The SMILES string of the molecule is Cc1ncc(-c2cc3c(-c4nc5c(-c6cc(F)cc(CNS(C)(=O)=O)c6)nccc5[nH]4)n[nH]c3cn2)n1C. The molecule has 0 bridgehead atoms. The minimum absolute atomic E-state index is 0.0444. The van der Waals surface area contributed by atoms with Gasteiger partial charge in [-0.05, 0) is 42.8 Å². The van der Waals surface area contributed by atoms with Gasteiger partial charge in [0, 0.05) is 30.7 Å². The largest absolute Gasteiger partial charge is 0.336 e. The first-order valence-corrected chi connectivity index (χ1v) is 13.5. The van der Waals surface area contributed by atoms with E-state index in [0.29, 0.717) is 39.4 Å². The van der Waals surface area contributed by atoms with Crippen LogP contribution >= 0.6 is 0 Å². The lowest BCUT2D eigenvalue weighted by atomic mass is 10.1. The number of fused-ring (bicyclic) bond motifs is 2. The van der Waals surface area contributed by atoms with Crippen molar-refractivity contribution in [1.29, 1.82) is 0 Å². The van der Waals surface area contributed by atoms with Crippen molar-refractivity contribution in [2.75, 3.05) is 6.26 Å². The van der Waals surface area contributed by atoms with E-state index in [0.717, 1.165) is 34.4 Å². The van der Waals surface area contributed by atoms with Crippen LogP contribution in [0.3, 0.4) is 0 Å². The van der Waals surface area contributed by atoms with Crippen molar-refractivity contribution in [2.45, 2.75) is 13.5 Å². The summed E-state index contributed by atoms with van der Waals surface area (Å²) in [5.74, 6) is 0.875. The number of imidazole rings is 2. The van der Waals surface area contributed by atoms with Gasteiger partial charge < -0.3 is 9.55 Å². The number of aromatic nitrogens is 8. The zero-order chi connectivity index (χ0) is 26.6. The van der Waals surface area contributed by atoms with Crippen LogP contribution in [0.25, 0.3) is 56.1 Å². The molecule has 0 aliphatic carbocycles. The smallest absolute Gasteiger partial charge is 0.209 e. The maximum absolute atomic E-state index is 14.5. The zero-order valence-corrected chi connectivity index (χ0v) is 21.4. The van der Waals surface area contributed by atoms with E-state index in [4.69, 9.17) is 4.98 Å². The normalized spacial score (nSPS) is 12.1. The summed E-state index contributed by atoms with van der Waals surface area (Å²) in [4.78, 5) is 21.4. The molecule has 0 aliphatic rings. The summed E-state index contributed by atoms with van der Waals surface area (Å²) in [5, 5.41) is 8.30. The third kappa shape index (κ3) is 4.31. The Morgan fingerprint density at radius 3 is 2.66 bits per heavy atom. The van der Waals surface area contributed by atoms with Crippen LogP contribution in [0.4, 0.5) is 4.39 Å². The van der Waals surface area contributed by atoms with Gasteiger partial charge in [-0.15, -0.1) is 0 Å². The quantitative estimate of drug-likeness (QED) is 0.298. The fourth-order valence-corrected chi connectivity index (χ4v) is 4.77. The third-order valence-corrected chi connectivity index (χ3v) is 6.99. The molecule has 6 rings (SSSR count). The number of nitrogens with zero attached hydrogens (tertiary/aromatic N) is 6. The number of sulfonamides is 1. The molecule has 5 aromatic heterocycles. The molecule has 0 atom stereocenters. The maximum atomic E-state index is 14.5. The molecule has 0 unspecified atom stereocenters. The lowest BCUT2D eigenvalue weighted by Crippen LogP contribution is -2.21. The maximum Gasteiger partial charge on any atom is 0.209 e. The van der Waals surface area contributed by atoms with Crippen LogP contribution < -0.4 is 4.72 Å². The fraction of sp³-hybridized carbons (Fsp3) is 0.160. The van der Waals surface area contributed by atoms with Crippen LogP contribution in [0.15, 0.2) is 48.9 Å². The lowest BCUT2D eigenvalue weighted by molar-refractivity contribution is 0.586. The number of nitrogens with one attached hydrogen (secondary N) is 3. The fourth-order valence-electron chi connectivity index (χ4n) is 4.34. The Bertz CT molecular complexity index is 1960. The van der Waals surface area contributed by atoms with Crippen LogP contribution in [-0.2, 0) is 23.6 Å². The predicted molar refractivity (Wildman–Crippen MR) is 141 cm³/mol. The highest BCUT2D eigenvalue weighted by atomic mass is 32.2. The van der Waals surface area contributed by atoms with Crippen LogP contribution in [-0.4, -0.2) is 54.4 Å². The molecular weight excluding hydrogens is 509 g/mol. The second-order valence-electron chi connectivity index (χ2n) is 9.02. The number of hydrogen-bond acceptors (Lipinski definition) is 7. The Kier molecular flexibility index (Phi) is 5.54. The van der Waals surface area contributed by atoms with Crippen molar-refractivity contribution in [3.05, 3.63) is 66.1 Å². The first-order chi connectivity index (χ1) is 18.2. The van der Waals surface area contributed by atoms with Gasteiger partial charge in [-0.3, -0.25) is 15.1 Å². The molecule has 0 saturated carbocycles. The number of halogens is 1. The highest BCUT2D eigenvalue weighted by Gasteiger charge is 2.18. The lowest BCUT2D eigenvalue weighted by Gasteiger charge is -2.07. The van der Waals surface area contributed by atoms with E-state index in [1.54, 1.807) is 30.7 Å². The Morgan fingerprint density at radius 1 is 1.05 bits per heavy atom. The minimum Gasteiger partial charge on any atom is -0.336 e. The van der Waals surface area contributed by atoms with Crippen molar-refractivity contribution in [3.63, 3.8) is 0 Å². The molecule has 13 heteroatoms.